The van der Waals surface area contributed by atoms with Crippen molar-refractivity contribution in [3.8, 4) is 5.75 Å². The fourth-order valence-electron chi connectivity index (χ4n) is 2.70. The summed E-state index contributed by atoms with van der Waals surface area (Å²) in [5, 5.41) is 0. The summed E-state index contributed by atoms with van der Waals surface area (Å²) in [5.74, 6) is 0.476. The fraction of sp³-hybridized carbons (Fsp3) is 0.600. The van der Waals surface area contributed by atoms with E-state index in [1.807, 2.05) is 13.1 Å². The molecule has 0 radical (unpaired) electrons. The lowest BCUT2D eigenvalue weighted by molar-refractivity contribution is 0.259. The zero-order chi connectivity index (χ0) is 15.5. The van der Waals surface area contributed by atoms with Gasteiger partial charge in [0.25, 0.3) is 0 Å². The highest BCUT2D eigenvalue weighted by atomic mass is 32.2. The summed E-state index contributed by atoms with van der Waals surface area (Å²) < 4.78 is 41.4. The molecule has 0 aromatic heterocycles. The topological polar surface area (TPSA) is 46.6 Å². The molecule has 1 aromatic rings. The third-order valence-electron chi connectivity index (χ3n) is 4.02. The van der Waals surface area contributed by atoms with Crippen LogP contribution >= 0.6 is 0 Å². The molecule has 1 aromatic carbocycles. The van der Waals surface area contributed by atoms with Crippen LogP contribution in [-0.4, -0.2) is 51.6 Å². The highest BCUT2D eigenvalue weighted by Crippen LogP contribution is 2.19. The first-order valence-corrected chi connectivity index (χ1v) is 8.96. The monoisotopic (exact) mass is 315 g/mol. The molecule has 0 N–H and O–H groups in total. The Labute approximate surface area is 125 Å². The summed E-state index contributed by atoms with van der Waals surface area (Å²) in [7, 11) is 0.569. The van der Waals surface area contributed by atoms with Crippen molar-refractivity contribution in [3.05, 3.63) is 29.6 Å². The minimum atomic E-state index is -2.84. The lowest BCUT2D eigenvalue weighted by Crippen LogP contribution is -2.33. The van der Waals surface area contributed by atoms with Gasteiger partial charge in [0.15, 0.2) is 21.4 Å². The number of benzene rings is 1. The number of ether oxygens (including phenoxy) is 1. The first-order chi connectivity index (χ1) is 9.91. The van der Waals surface area contributed by atoms with Crippen molar-refractivity contribution in [2.75, 3.05) is 32.2 Å². The van der Waals surface area contributed by atoms with Crippen molar-refractivity contribution in [2.24, 2.45) is 0 Å². The summed E-state index contributed by atoms with van der Waals surface area (Å²) in [4.78, 5) is 2.10. The highest BCUT2D eigenvalue weighted by Gasteiger charge is 2.30. The molecule has 0 bridgehead atoms. The summed E-state index contributed by atoms with van der Waals surface area (Å²) in [6.07, 6.45) is 2.36. The van der Waals surface area contributed by atoms with E-state index in [-0.39, 0.29) is 23.4 Å². The predicted octanol–water partition coefficient (Wildman–Crippen LogP) is 1.89. The summed E-state index contributed by atoms with van der Waals surface area (Å²) in [6.45, 7) is 0.813. The SMILES string of the molecule is COc1ccc(CCCN(C)[C@H]2CCS(=O)(=O)C2)cc1F. The third kappa shape index (κ3) is 4.41. The van der Waals surface area contributed by atoms with Gasteiger partial charge in [0, 0.05) is 6.04 Å². The van der Waals surface area contributed by atoms with Crippen LogP contribution in [0.3, 0.4) is 0 Å². The number of hydrogen-bond acceptors (Lipinski definition) is 4. The summed E-state index contributed by atoms with van der Waals surface area (Å²) in [6, 6.07) is 5.13. The van der Waals surface area contributed by atoms with Crippen molar-refractivity contribution in [1.82, 2.24) is 4.90 Å². The van der Waals surface area contributed by atoms with Crippen LogP contribution < -0.4 is 4.74 Å². The van der Waals surface area contributed by atoms with Gasteiger partial charge in [-0.05, 0) is 50.6 Å². The quantitative estimate of drug-likeness (QED) is 0.804. The number of halogens is 1. The number of aryl methyl sites for hydroxylation is 1. The van der Waals surface area contributed by atoms with E-state index in [0.717, 1.165) is 31.4 Å². The van der Waals surface area contributed by atoms with Crippen LogP contribution in [0.1, 0.15) is 18.4 Å². The Hall–Kier alpha value is -1.14. The van der Waals surface area contributed by atoms with E-state index in [1.54, 1.807) is 6.07 Å². The lowest BCUT2D eigenvalue weighted by atomic mass is 10.1. The van der Waals surface area contributed by atoms with Gasteiger partial charge in [-0.2, -0.15) is 0 Å². The molecule has 1 aliphatic rings. The van der Waals surface area contributed by atoms with Crippen molar-refractivity contribution in [3.63, 3.8) is 0 Å². The lowest BCUT2D eigenvalue weighted by Gasteiger charge is -2.22. The molecule has 118 valence electrons. The van der Waals surface area contributed by atoms with Crippen molar-refractivity contribution in [1.29, 1.82) is 0 Å². The van der Waals surface area contributed by atoms with E-state index in [2.05, 4.69) is 4.90 Å². The van der Waals surface area contributed by atoms with Crippen molar-refractivity contribution in [2.45, 2.75) is 25.3 Å². The first-order valence-electron chi connectivity index (χ1n) is 7.14. The second-order valence-corrected chi connectivity index (χ2v) is 7.84. The average Bonchev–Trinajstić information content (AvgIpc) is 2.79. The van der Waals surface area contributed by atoms with Gasteiger partial charge in [-0.1, -0.05) is 6.07 Å². The number of nitrogens with zero attached hydrogens (tertiary/aromatic N) is 1. The Balaban J connectivity index is 1.80. The summed E-state index contributed by atoms with van der Waals surface area (Å²) >= 11 is 0. The Morgan fingerprint density at radius 2 is 2.19 bits per heavy atom. The van der Waals surface area contributed by atoms with E-state index >= 15 is 0 Å². The number of hydrogen-bond donors (Lipinski definition) is 0. The molecule has 4 nitrogen and oxygen atoms in total. The minimum absolute atomic E-state index is 0.127. The molecule has 0 amide bonds. The van der Waals surface area contributed by atoms with Gasteiger partial charge in [0.05, 0.1) is 18.6 Å². The molecule has 1 fully saturated rings. The normalized spacial score (nSPS) is 20.9. The zero-order valence-corrected chi connectivity index (χ0v) is 13.3. The second kappa shape index (κ2) is 6.75. The van der Waals surface area contributed by atoms with E-state index in [0.29, 0.717) is 5.75 Å². The summed E-state index contributed by atoms with van der Waals surface area (Å²) in [5.41, 5.74) is 0.931. The van der Waals surface area contributed by atoms with E-state index in [1.165, 1.54) is 13.2 Å². The van der Waals surface area contributed by atoms with E-state index < -0.39 is 9.84 Å². The van der Waals surface area contributed by atoms with Gasteiger partial charge in [0.2, 0.25) is 0 Å². The molecule has 0 aliphatic carbocycles. The first kappa shape index (κ1) is 16.2. The van der Waals surface area contributed by atoms with E-state index in [9.17, 15) is 12.8 Å². The molecular formula is C15H22FNO3S. The molecule has 0 unspecified atom stereocenters. The van der Waals surface area contributed by atoms with Crippen molar-refractivity contribution < 1.29 is 17.5 Å². The van der Waals surface area contributed by atoms with Crippen LogP contribution in [0.2, 0.25) is 0 Å². The van der Waals surface area contributed by atoms with Gasteiger partial charge in [0.1, 0.15) is 0 Å². The molecule has 2 rings (SSSR count). The van der Waals surface area contributed by atoms with Crippen LogP contribution in [-0.2, 0) is 16.3 Å². The molecule has 6 heteroatoms. The van der Waals surface area contributed by atoms with Crippen LogP contribution in [0.5, 0.6) is 5.75 Å². The Kier molecular flexibility index (Phi) is 5.22. The van der Waals surface area contributed by atoms with Crippen molar-refractivity contribution >= 4 is 9.84 Å². The standard InChI is InChI=1S/C15H22FNO3S/c1-17(13-7-9-21(18,19)11-13)8-3-4-12-5-6-15(20-2)14(16)10-12/h5-6,10,13H,3-4,7-9,11H2,1-2H3/t13-/m0/s1. The Bertz CT molecular complexity index is 589. The zero-order valence-electron chi connectivity index (χ0n) is 12.5. The highest BCUT2D eigenvalue weighted by molar-refractivity contribution is 7.91. The smallest absolute Gasteiger partial charge is 0.165 e. The van der Waals surface area contributed by atoms with Crippen LogP contribution in [0.4, 0.5) is 4.39 Å². The molecule has 1 atom stereocenters. The van der Waals surface area contributed by atoms with Gasteiger partial charge < -0.3 is 9.64 Å². The Morgan fingerprint density at radius 1 is 1.43 bits per heavy atom. The minimum Gasteiger partial charge on any atom is -0.494 e. The maximum Gasteiger partial charge on any atom is 0.165 e. The average molecular weight is 315 g/mol. The van der Waals surface area contributed by atoms with Gasteiger partial charge >= 0.3 is 0 Å². The van der Waals surface area contributed by atoms with Crippen LogP contribution in [0.15, 0.2) is 18.2 Å². The number of sulfone groups is 1. The van der Waals surface area contributed by atoms with Gasteiger partial charge in [-0.3, -0.25) is 0 Å². The molecule has 1 heterocycles. The molecular weight excluding hydrogens is 293 g/mol. The van der Waals surface area contributed by atoms with Gasteiger partial charge in [-0.15, -0.1) is 0 Å². The Morgan fingerprint density at radius 3 is 2.76 bits per heavy atom. The molecule has 1 aliphatic heterocycles. The number of rotatable bonds is 6. The second-order valence-electron chi connectivity index (χ2n) is 5.61. The molecule has 0 saturated carbocycles. The third-order valence-corrected chi connectivity index (χ3v) is 5.77. The fourth-order valence-corrected chi connectivity index (χ4v) is 4.51. The maximum atomic E-state index is 13.6. The van der Waals surface area contributed by atoms with Crippen LogP contribution in [0.25, 0.3) is 0 Å². The van der Waals surface area contributed by atoms with E-state index in [4.69, 9.17) is 4.74 Å². The molecule has 21 heavy (non-hydrogen) atoms. The molecule has 1 saturated heterocycles. The number of methoxy groups -OCH3 is 1. The molecule has 0 spiro atoms. The predicted molar refractivity (Wildman–Crippen MR) is 81.0 cm³/mol. The maximum absolute atomic E-state index is 13.6. The van der Waals surface area contributed by atoms with Crippen LogP contribution in [0, 0.1) is 5.82 Å². The largest absolute Gasteiger partial charge is 0.494 e. The van der Waals surface area contributed by atoms with Gasteiger partial charge in [-0.25, -0.2) is 12.8 Å².